The van der Waals surface area contributed by atoms with Gasteiger partial charge in [0.15, 0.2) is 5.82 Å². The van der Waals surface area contributed by atoms with Crippen molar-refractivity contribution in [3.63, 3.8) is 0 Å². The first kappa shape index (κ1) is 25.9. The number of rotatable bonds is 4. The fourth-order valence-corrected chi connectivity index (χ4v) is 6.42. The molecule has 4 aliphatic rings. The number of aromatic nitrogens is 2. The van der Waals surface area contributed by atoms with Crippen molar-refractivity contribution < 1.29 is 19.1 Å². The van der Waals surface area contributed by atoms with Gasteiger partial charge in [-0.2, -0.15) is 5.10 Å². The molecule has 3 unspecified atom stereocenters. The Morgan fingerprint density at radius 3 is 2.72 bits per heavy atom. The lowest BCUT2D eigenvalue weighted by Crippen LogP contribution is -2.50. The molecule has 0 bridgehead atoms. The van der Waals surface area contributed by atoms with Crippen LogP contribution in [0.4, 0.5) is 21.1 Å². The molecule has 1 N–H and O–H groups in total. The Balaban J connectivity index is 1.10. The number of ether oxygens (including phenoxy) is 1. The van der Waals surface area contributed by atoms with Gasteiger partial charge in [0, 0.05) is 75.9 Å². The maximum atomic E-state index is 12.6. The van der Waals surface area contributed by atoms with E-state index in [1.54, 1.807) is 4.90 Å². The Bertz CT molecular complexity index is 1300. The predicted octanol–water partition coefficient (Wildman–Crippen LogP) is 2.93. The molecule has 11 nitrogen and oxygen atoms in total. The largest absolute Gasteiger partial charge is 0.444 e. The summed E-state index contributed by atoms with van der Waals surface area (Å²) >= 11 is 0. The summed E-state index contributed by atoms with van der Waals surface area (Å²) in [6, 6.07) is 6.97. The van der Waals surface area contributed by atoms with Gasteiger partial charge in [0.05, 0.1) is 5.52 Å². The van der Waals surface area contributed by atoms with Gasteiger partial charge < -0.3 is 14.5 Å². The van der Waals surface area contributed by atoms with Gasteiger partial charge in [0.2, 0.25) is 5.91 Å². The second kappa shape index (κ2) is 9.69. The van der Waals surface area contributed by atoms with Crippen molar-refractivity contribution in [1.29, 1.82) is 0 Å². The van der Waals surface area contributed by atoms with Crippen molar-refractivity contribution in [3.05, 3.63) is 18.2 Å². The number of carbonyl (C=O) groups excluding carboxylic acids is 3. The van der Waals surface area contributed by atoms with Crippen LogP contribution < -0.4 is 15.1 Å². The van der Waals surface area contributed by atoms with Crippen molar-refractivity contribution in [3.8, 4) is 0 Å². The summed E-state index contributed by atoms with van der Waals surface area (Å²) in [4.78, 5) is 45.2. The Labute approximate surface area is 229 Å². The average Bonchev–Trinajstić information content (AvgIpc) is 3.62. The molecule has 39 heavy (non-hydrogen) atoms. The van der Waals surface area contributed by atoms with Gasteiger partial charge in [-0.15, -0.1) is 0 Å². The smallest absolute Gasteiger partial charge is 0.410 e. The molecule has 1 aliphatic carbocycles. The number of fused-ring (bicyclic) bond motifs is 2. The molecule has 4 fully saturated rings. The molecule has 0 radical (unpaired) electrons. The van der Waals surface area contributed by atoms with E-state index in [0.717, 1.165) is 62.9 Å². The van der Waals surface area contributed by atoms with E-state index in [1.165, 1.54) is 5.69 Å². The van der Waals surface area contributed by atoms with Crippen molar-refractivity contribution in [2.45, 2.75) is 64.1 Å². The van der Waals surface area contributed by atoms with E-state index in [9.17, 15) is 14.4 Å². The first-order valence-electron chi connectivity index (χ1n) is 14.1. The summed E-state index contributed by atoms with van der Waals surface area (Å²) in [7, 11) is 1.89. The van der Waals surface area contributed by atoms with E-state index < -0.39 is 11.6 Å². The number of amides is 4. The number of benzene rings is 1. The average molecular weight is 538 g/mol. The van der Waals surface area contributed by atoms with Crippen LogP contribution in [0.25, 0.3) is 10.9 Å². The highest BCUT2D eigenvalue weighted by Crippen LogP contribution is 2.41. The van der Waals surface area contributed by atoms with Crippen molar-refractivity contribution in [2.24, 2.45) is 13.0 Å². The van der Waals surface area contributed by atoms with Crippen LogP contribution in [0.2, 0.25) is 0 Å². The minimum Gasteiger partial charge on any atom is -0.444 e. The van der Waals surface area contributed by atoms with Gasteiger partial charge in [-0.05, 0) is 64.2 Å². The maximum absolute atomic E-state index is 12.6. The summed E-state index contributed by atoms with van der Waals surface area (Å²) < 4.78 is 7.43. The normalized spacial score (nSPS) is 26.1. The van der Waals surface area contributed by atoms with Gasteiger partial charge in [0.1, 0.15) is 5.60 Å². The highest BCUT2D eigenvalue weighted by molar-refractivity contribution is 6.09. The van der Waals surface area contributed by atoms with Gasteiger partial charge >= 0.3 is 12.1 Å². The zero-order valence-electron chi connectivity index (χ0n) is 23.4. The molecule has 4 heterocycles. The van der Waals surface area contributed by atoms with E-state index in [4.69, 9.17) is 4.74 Å². The molecule has 1 aromatic carbocycles. The zero-order chi connectivity index (χ0) is 27.5. The number of aryl methyl sites for hydroxylation is 1. The molecule has 4 amide bonds. The van der Waals surface area contributed by atoms with Gasteiger partial charge in [-0.1, -0.05) is 0 Å². The number of piperidine rings is 1. The third-order valence-electron chi connectivity index (χ3n) is 8.34. The minimum absolute atomic E-state index is 0.190. The van der Waals surface area contributed by atoms with Crippen LogP contribution in [-0.2, 0) is 16.6 Å². The first-order chi connectivity index (χ1) is 18.6. The van der Waals surface area contributed by atoms with E-state index in [-0.39, 0.29) is 18.4 Å². The quantitative estimate of drug-likeness (QED) is 0.640. The number of hydrogen-bond donors (Lipinski definition) is 1. The van der Waals surface area contributed by atoms with E-state index in [0.29, 0.717) is 30.4 Å². The highest BCUT2D eigenvalue weighted by atomic mass is 16.6. The number of imide groups is 1. The number of piperazine rings is 1. The fourth-order valence-electron chi connectivity index (χ4n) is 6.42. The lowest BCUT2D eigenvalue weighted by atomic mass is 9.97. The predicted molar refractivity (Wildman–Crippen MR) is 148 cm³/mol. The van der Waals surface area contributed by atoms with Crippen LogP contribution in [0.1, 0.15) is 46.5 Å². The molecule has 3 aliphatic heterocycles. The fraction of sp³-hybridized carbons (Fsp3) is 0.643. The van der Waals surface area contributed by atoms with Crippen LogP contribution >= 0.6 is 0 Å². The standard InChI is InChI=1S/C28H39N7O4/c1-28(2,3)39-27(38)33-10-5-6-18(17-33)16-32-12-13-34(23-15-22(23)32)19-7-8-20-21(14-19)31(4)30-25(20)35-11-9-24(36)29-26(35)37/h7-8,14,18,22-23H,5-6,9-13,15-17H2,1-4H3,(H,29,36,37). The second-order valence-electron chi connectivity index (χ2n) is 12.4. The number of hydrogen-bond acceptors (Lipinski definition) is 7. The number of carbonyl (C=O) groups is 3. The van der Waals surface area contributed by atoms with Crippen LogP contribution in [-0.4, -0.2) is 94.6 Å². The van der Waals surface area contributed by atoms with Crippen molar-refractivity contribution in [2.75, 3.05) is 49.1 Å². The van der Waals surface area contributed by atoms with Gasteiger partial charge in [-0.25, -0.2) is 9.59 Å². The van der Waals surface area contributed by atoms with Crippen LogP contribution in [0.15, 0.2) is 18.2 Å². The Morgan fingerprint density at radius 1 is 1.13 bits per heavy atom. The molecule has 2 aromatic rings. The summed E-state index contributed by atoms with van der Waals surface area (Å²) in [5.41, 5.74) is 1.68. The molecular formula is C28H39N7O4. The molecule has 3 atom stereocenters. The highest BCUT2D eigenvalue weighted by Gasteiger charge is 2.49. The van der Waals surface area contributed by atoms with Crippen molar-refractivity contribution >= 4 is 40.4 Å². The zero-order valence-corrected chi connectivity index (χ0v) is 23.4. The molecule has 3 saturated heterocycles. The third kappa shape index (κ3) is 5.16. The number of urea groups is 1. The molecule has 0 spiro atoms. The number of nitrogens with zero attached hydrogens (tertiary/aromatic N) is 6. The van der Waals surface area contributed by atoms with Gasteiger partial charge in [-0.3, -0.25) is 24.6 Å². The molecular weight excluding hydrogens is 498 g/mol. The summed E-state index contributed by atoms with van der Waals surface area (Å²) in [5, 5.41) is 7.92. The molecule has 210 valence electrons. The third-order valence-corrected chi connectivity index (χ3v) is 8.34. The van der Waals surface area contributed by atoms with Crippen molar-refractivity contribution in [1.82, 2.24) is 24.9 Å². The number of likely N-dealkylation sites (tertiary alicyclic amines) is 1. The molecule has 1 aromatic heterocycles. The van der Waals surface area contributed by atoms with E-state index in [2.05, 4.69) is 32.3 Å². The summed E-state index contributed by atoms with van der Waals surface area (Å²) in [5.74, 6) is 0.817. The SMILES string of the molecule is Cn1nc(N2CCC(=O)NC2=O)c2ccc(N3CCN(CC4CCCN(C(=O)OC(C)(C)C)C4)C4CC43)cc21. The second-order valence-corrected chi connectivity index (χ2v) is 12.4. The lowest BCUT2D eigenvalue weighted by Gasteiger charge is -2.40. The molecule has 11 heteroatoms. The summed E-state index contributed by atoms with van der Waals surface area (Å²) in [6.07, 6.45) is 3.41. The molecule has 6 rings (SSSR count). The first-order valence-corrected chi connectivity index (χ1v) is 14.1. The lowest BCUT2D eigenvalue weighted by molar-refractivity contribution is -0.120. The van der Waals surface area contributed by atoms with E-state index in [1.807, 2.05) is 43.5 Å². The topological polar surface area (TPSA) is 103 Å². The monoisotopic (exact) mass is 537 g/mol. The van der Waals surface area contributed by atoms with Gasteiger partial charge in [0.25, 0.3) is 0 Å². The number of anilines is 2. The van der Waals surface area contributed by atoms with Crippen LogP contribution in [0.5, 0.6) is 0 Å². The van der Waals surface area contributed by atoms with Crippen LogP contribution in [0, 0.1) is 5.92 Å². The number of nitrogens with one attached hydrogen (secondary N) is 1. The molecule has 1 saturated carbocycles. The minimum atomic E-state index is -0.468. The van der Waals surface area contributed by atoms with Crippen LogP contribution in [0.3, 0.4) is 0 Å². The Hall–Kier alpha value is -3.34. The Kier molecular flexibility index (Phi) is 6.44. The van der Waals surface area contributed by atoms with E-state index >= 15 is 0 Å². The summed E-state index contributed by atoms with van der Waals surface area (Å²) in [6.45, 7) is 10.6. The Morgan fingerprint density at radius 2 is 1.95 bits per heavy atom. The maximum Gasteiger partial charge on any atom is 0.410 e.